The van der Waals surface area contributed by atoms with Gasteiger partial charge in [-0.2, -0.15) is 0 Å². The molecular formula is C10H18. The lowest BCUT2D eigenvalue weighted by Crippen LogP contribution is -1.91. The van der Waals surface area contributed by atoms with E-state index in [1.165, 1.54) is 5.57 Å². The third-order valence-corrected chi connectivity index (χ3v) is 1.73. The van der Waals surface area contributed by atoms with Crippen LogP contribution in [0.5, 0.6) is 0 Å². The van der Waals surface area contributed by atoms with Crippen molar-refractivity contribution < 1.29 is 0 Å². The number of rotatable bonds is 4. The summed E-state index contributed by atoms with van der Waals surface area (Å²) in [5.41, 5.74) is 1.28. The molecule has 0 aliphatic heterocycles. The molecule has 0 heteroatoms. The molecular weight excluding hydrogens is 120 g/mol. The molecule has 10 heavy (non-hydrogen) atoms. The summed E-state index contributed by atoms with van der Waals surface area (Å²) in [5, 5.41) is 0. The van der Waals surface area contributed by atoms with Crippen LogP contribution in [0.25, 0.3) is 0 Å². The molecule has 0 fully saturated rings. The first-order valence-corrected chi connectivity index (χ1v) is 3.98. The largest absolute Gasteiger partial charge is 0.0999 e. The van der Waals surface area contributed by atoms with Crippen LogP contribution in [0.3, 0.4) is 0 Å². The Morgan fingerprint density at radius 2 is 2.10 bits per heavy atom. The van der Waals surface area contributed by atoms with Crippen LogP contribution in [-0.4, -0.2) is 0 Å². The highest BCUT2D eigenvalue weighted by Crippen LogP contribution is 2.11. The summed E-state index contributed by atoms with van der Waals surface area (Å²) in [5.74, 6) is 0.641. The molecule has 0 radical (unpaired) electrons. The number of hydrogen-bond acceptors (Lipinski definition) is 0. The Morgan fingerprint density at radius 3 is 2.50 bits per heavy atom. The van der Waals surface area contributed by atoms with Crippen LogP contribution >= 0.6 is 0 Å². The minimum Gasteiger partial charge on any atom is -0.0999 e. The molecule has 0 nitrogen and oxygen atoms in total. The van der Waals surface area contributed by atoms with E-state index in [1.54, 1.807) is 0 Å². The molecule has 0 bridgehead atoms. The van der Waals surface area contributed by atoms with Crippen molar-refractivity contribution in [2.24, 2.45) is 5.92 Å². The minimum absolute atomic E-state index is 0.641. The van der Waals surface area contributed by atoms with Crippen LogP contribution in [0, 0.1) is 5.92 Å². The first kappa shape index (κ1) is 9.48. The Bertz CT molecular complexity index is 120. The average Bonchev–Trinajstić information content (AvgIpc) is 1.88. The molecule has 0 aliphatic rings. The van der Waals surface area contributed by atoms with Gasteiger partial charge in [0.1, 0.15) is 0 Å². The van der Waals surface area contributed by atoms with Crippen molar-refractivity contribution in [3.63, 3.8) is 0 Å². The van der Waals surface area contributed by atoms with E-state index >= 15 is 0 Å². The van der Waals surface area contributed by atoms with Gasteiger partial charge in [-0.05, 0) is 25.7 Å². The van der Waals surface area contributed by atoms with Gasteiger partial charge in [-0.15, -0.1) is 0 Å². The molecule has 0 saturated carbocycles. The van der Waals surface area contributed by atoms with Gasteiger partial charge < -0.3 is 0 Å². The Kier molecular flexibility index (Phi) is 5.00. The Hall–Kier alpha value is -0.520. The molecule has 1 unspecified atom stereocenters. The molecule has 0 N–H and O–H groups in total. The monoisotopic (exact) mass is 138 g/mol. The van der Waals surface area contributed by atoms with E-state index in [-0.39, 0.29) is 0 Å². The van der Waals surface area contributed by atoms with Crippen LogP contribution in [0.2, 0.25) is 0 Å². The molecule has 0 aromatic carbocycles. The maximum Gasteiger partial charge on any atom is -0.0203 e. The minimum atomic E-state index is 0.641. The fourth-order valence-electron chi connectivity index (χ4n) is 0.668. The highest BCUT2D eigenvalue weighted by molar-refractivity contribution is 4.97. The van der Waals surface area contributed by atoms with Gasteiger partial charge in [0.15, 0.2) is 0 Å². The Morgan fingerprint density at radius 1 is 1.50 bits per heavy atom. The zero-order valence-electron chi connectivity index (χ0n) is 7.35. The van der Waals surface area contributed by atoms with Gasteiger partial charge in [0, 0.05) is 0 Å². The van der Waals surface area contributed by atoms with Crippen molar-refractivity contribution >= 4 is 0 Å². The van der Waals surface area contributed by atoms with E-state index in [4.69, 9.17) is 0 Å². The lowest BCUT2D eigenvalue weighted by molar-refractivity contribution is 0.696. The van der Waals surface area contributed by atoms with Crippen LogP contribution in [-0.2, 0) is 0 Å². The summed E-state index contributed by atoms with van der Waals surface area (Å²) in [6.07, 6.45) is 6.73. The molecule has 1 atom stereocenters. The summed E-state index contributed by atoms with van der Waals surface area (Å²) >= 11 is 0. The summed E-state index contributed by atoms with van der Waals surface area (Å²) in [4.78, 5) is 0. The third-order valence-electron chi connectivity index (χ3n) is 1.73. The third kappa shape index (κ3) is 4.37. The zero-order chi connectivity index (χ0) is 7.98. The van der Waals surface area contributed by atoms with Gasteiger partial charge in [0.05, 0.1) is 0 Å². The number of hydrogen-bond donors (Lipinski definition) is 0. The van der Waals surface area contributed by atoms with Crippen molar-refractivity contribution in [2.45, 2.75) is 33.6 Å². The smallest absolute Gasteiger partial charge is 0.0203 e. The summed E-state index contributed by atoms with van der Waals surface area (Å²) in [6.45, 7) is 10.4. The first-order chi connectivity index (χ1) is 4.68. The van der Waals surface area contributed by atoms with E-state index in [0.29, 0.717) is 5.92 Å². The molecule has 0 aromatic rings. The predicted octanol–water partition coefficient (Wildman–Crippen LogP) is 3.55. The van der Waals surface area contributed by atoms with Gasteiger partial charge in [0.25, 0.3) is 0 Å². The van der Waals surface area contributed by atoms with Crippen LogP contribution in [0.4, 0.5) is 0 Å². The maximum absolute atomic E-state index is 3.90. The van der Waals surface area contributed by atoms with Crippen molar-refractivity contribution in [2.75, 3.05) is 0 Å². The second-order valence-electron chi connectivity index (χ2n) is 2.86. The average molecular weight is 138 g/mol. The van der Waals surface area contributed by atoms with E-state index < -0.39 is 0 Å². The zero-order valence-corrected chi connectivity index (χ0v) is 7.35. The first-order valence-electron chi connectivity index (χ1n) is 3.98. The lowest BCUT2D eigenvalue weighted by Gasteiger charge is -2.05. The van der Waals surface area contributed by atoms with E-state index in [2.05, 4.69) is 39.5 Å². The standard InChI is InChI=1S/C10H18/c1-5-6-7-8-10(4)9(2)3/h6-7,10H,2,5,8H2,1,3-4H3. The fraction of sp³-hybridized carbons (Fsp3) is 0.600. The lowest BCUT2D eigenvalue weighted by atomic mass is 10.0. The van der Waals surface area contributed by atoms with Crippen LogP contribution < -0.4 is 0 Å². The summed E-state index contributed by atoms with van der Waals surface area (Å²) in [7, 11) is 0. The van der Waals surface area contributed by atoms with Crippen molar-refractivity contribution in [3.05, 3.63) is 24.3 Å². The molecule has 0 saturated heterocycles. The van der Waals surface area contributed by atoms with E-state index in [9.17, 15) is 0 Å². The maximum atomic E-state index is 3.90. The van der Waals surface area contributed by atoms with Crippen molar-refractivity contribution in [1.29, 1.82) is 0 Å². The molecule has 0 heterocycles. The second-order valence-corrected chi connectivity index (χ2v) is 2.86. The predicted molar refractivity (Wildman–Crippen MR) is 48.0 cm³/mol. The van der Waals surface area contributed by atoms with Gasteiger partial charge in [-0.25, -0.2) is 0 Å². The molecule has 0 spiro atoms. The molecule has 0 rings (SSSR count). The summed E-state index contributed by atoms with van der Waals surface area (Å²) in [6, 6.07) is 0. The van der Waals surface area contributed by atoms with Gasteiger partial charge in [-0.3, -0.25) is 0 Å². The highest BCUT2D eigenvalue weighted by atomic mass is 14.0. The van der Waals surface area contributed by atoms with Crippen LogP contribution in [0.15, 0.2) is 24.3 Å². The van der Waals surface area contributed by atoms with Gasteiger partial charge >= 0.3 is 0 Å². The van der Waals surface area contributed by atoms with Crippen molar-refractivity contribution in [3.8, 4) is 0 Å². The Balaban J connectivity index is 3.48. The fourth-order valence-corrected chi connectivity index (χ4v) is 0.668. The SMILES string of the molecule is C=C(C)C(C)CC=CCC. The second kappa shape index (κ2) is 5.28. The molecule has 0 amide bonds. The number of allylic oxidation sites excluding steroid dienone is 3. The highest BCUT2D eigenvalue weighted by Gasteiger charge is 1.97. The van der Waals surface area contributed by atoms with Crippen molar-refractivity contribution in [1.82, 2.24) is 0 Å². The molecule has 0 aromatic heterocycles. The quantitative estimate of drug-likeness (QED) is 0.521. The van der Waals surface area contributed by atoms with Crippen LogP contribution in [0.1, 0.15) is 33.6 Å². The van der Waals surface area contributed by atoms with Gasteiger partial charge in [-0.1, -0.05) is 38.2 Å². The Labute approximate surface area is 64.6 Å². The van der Waals surface area contributed by atoms with Gasteiger partial charge in [0.2, 0.25) is 0 Å². The van der Waals surface area contributed by atoms with E-state index in [1.807, 2.05) is 0 Å². The summed E-state index contributed by atoms with van der Waals surface area (Å²) < 4.78 is 0. The molecule has 0 aliphatic carbocycles. The normalized spacial score (nSPS) is 13.9. The van der Waals surface area contributed by atoms with E-state index in [0.717, 1.165) is 12.8 Å². The molecule has 58 valence electrons. The topological polar surface area (TPSA) is 0 Å².